The topological polar surface area (TPSA) is 79.2 Å². The Hall–Kier alpha value is 1.19. The molecule has 0 aromatic heterocycles. The van der Waals surface area contributed by atoms with Gasteiger partial charge in [-0.1, -0.05) is 38.8 Å². The van der Waals surface area contributed by atoms with Crippen LogP contribution in [0.5, 0.6) is 0 Å². The van der Waals surface area contributed by atoms with Crippen molar-refractivity contribution < 1.29 is 24.2 Å². The average molecular weight is 398 g/mol. The fourth-order valence-corrected chi connectivity index (χ4v) is 1.85. The fourth-order valence-electron chi connectivity index (χ4n) is 1.09. The number of hydrogen-bond acceptors (Lipinski definition) is 5. The van der Waals surface area contributed by atoms with E-state index in [1.165, 1.54) is 0 Å². The Morgan fingerprint density at radius 1 is 1.35 bits per heavy atom. The molecule has 5 nitrogen and oxygen atoms in total. The van der Waals surface area contributed by atoms with E-state index in [0.717, 1.165) is 5.33 Å². The Balaban J connectivity index is 4.11. The molecule has 0 aliphatic carbocycles. The highest BCUT2D eigenvalue weighted by atomic mass is 79.9. The zero-order chi connectivity index (χ0) is 13.3. The van der Waals surface area contributed by atoms with Crippen molar-refractivity contribution in [1.82, 2.24) is 0 Å². The quantitative estimate of drug-likeness (QED) is 0.387. The molecule has 17 heavy (non-hydrogen) atoms. The summed E-state index contributed by atoms with van der Waals surface area (Å²) < 4.78 is 10.3. The molecule has 104 valence electrons. The van der Waals surface area contributed by atoms with Crippen LogP contribution in [-0.4, -0.2) is 51.5 Å². The first kappa shape index (κ1) is 18.2. The summed E-state index contributed by atoms with van der Waals surface area (Å²) in [5.41, 5.74) is -0.578. The molecule has 0 aromatic carbocycles. The van der Waals surface area contributed by atoms with Gasteiger partial charge in [-0.25, -0.2) is 0 Å². The molecule has 0 bridgehead atoms. The summed E-state index contributed by atoms with van der Waals surface area (Å²) in [6.45, 7) is 2.68. The highest BCUT2D eigenvalue weighted by Gasteiger charge is 2.29. The number of ether oxygens (including phenoxy) is 1. The highest BCUT2D eigenvalue weighted by molar-refractivity contribution is 9.12. The van der Waals surface area contributed by atoms with E-state index < -0.39 is 14.0 Å². The molecule has 0 saturated carbocycles. The molecule has 0 radical (unpaired) electrons. The van der Waals surface area contributed by atoms with Gasteiger partial charge in [0.2, 0.25) is 0 Å². The molecule has 0 aromatic rings. The molecule has 0 amide bonds. The number of alkyl halides is 2. The van der Waals surface area contributed by atoms with Gasteiger partial charge < -0.3 is 24.2 Å². The molecular weight excluding hydrogens is 379 g/mol. The van der Waals surface area contributed by atoms with Gasteiger partial charge in [0.25, 0.3) is 0 Å². The van der Waals surface area contributed by atoms with E-state index in [4.69, 9.17) is 19.0 Å². The first-order valence-corrected chi connectivity index (χ1v) is 8.39. The Kier molecular flexibility index (Phi) is 10.7. The van der Waals surface area contributed by atoms with E-state index in [2.05, 4.69) is 31.9 Å². The standard InChI is InChI=1S/C9H19Br2O5P/c1-2-9(5-12,7-16-17(13)14)6-15-4-8(11)3-10/h8,12-14H,2-7H2,1H3. The van der Waals surface area contributed by atoms with E-state index in [1.54, 1.807) is 0 Å². The monoisotopic (exact) mass is 396 g/mol. The van der Waals surface area contributed by atoms with E-state index >= 15 is 0 Å². The number of halogens is 2. The van der Waals surface area contributed by atoms with E-state index in [9.17, 15) is 5.11 Å². The van der Waals surface area contributed by atoms with Crippen molar-refractivity contribution in [2.24, 2.45) is 5.41 Å². The van der Waals surface area contributed by atoms with Crippen molar-refractivity contribution in [1.29, 1.82) is 0 Å². The molecule has 0 aliphatic rings. The Morgan fingerprint density at radius 3 is 2.41 bits per heavy atom. The highest BCUT2D eigenvalue weighted by Crippen LogP contribution is 2.31. The number of aliphatic hydroxyl groups is 1. The molecular formula is C9H19Br2O5P. The van der Waals surface area contributed by atoms with Crippen LogP contribution in [-0.2, 0) is 9.26 Å². The molecule has 2 atom stereocenters. The molecule has 0 fully saturated rings. The lowest BCUT2D eigenvalue weighted by Gasteiger charge is -2.30. The predicted molar refractivity (Wildman–Crippen MR) is 74.4 cm³/mol. The molecule has 0 spiro atoms. The first-order valence-electron chi connectivity index (χ1n) is 5.19. The van der Waals surface area contributed by atoms with Crippen LogP contribution in [0.4, 0.5) is 0 Å². The van der Waals surface area contributed by atoms with Crippen molar-refractivity contribution in [3.63, 3.8) is 0 Å². The second-order valence-electron chi connectivity index (χ2n) is 3.80. The number of hydrogen-bond donors (Lipinski definition) is 3. The Bertz CT molecular complexity index is 192. The van der Waals surface area contributed by atoms with Gasteiger partial charge in [0.05, 0.1) is 26.4 Å². The molecule has 0 heterocycles. The van der Waals surface area contributed by atoms with Crippen LogP contribution in [0.2, 0.25) is 0 Å². The first-order chi connectivity index (χ1) is 7.99. The smallest absolute Gasteiger partial charge is 0.327 e. The number of aliphatic hydroxyl groups excluding tert-OH is 1. The van der Waals surface area contributed by atoms with Crippen molar-refractivity contribution in [2.75, 3.05) is 31.8 Å². The SMILES string of the molecule is CCC(CO)(COCC(Br)CBr)COP(O)O. The zero-order valence-electron chi connectivity index (χ0n) is 9.68. The van der Waals surface area contributed by atoms with Crippen LogP contribution < -0.4 is 0 Å². The van der Waals surface area contributed by atoms with Crippen LogP contribution in [0.25, 0.3) is 0 Å². The van der Waals surface area contributed by atoms with Crippen molar-refractivity contribution in [3.05, 3.63) is 0 Å². The summed E-state index contributed by atoms with van der Waals surface area (Å²) in [4.78, 5) is 17.7. The average Bonchev–Trinajstić information content (AvgIpc) is 2.33. The molecule has 2 unspecified atom stereocenters. The predicted octanol–water partition coefficient (Wildman–Crippen LogP) is 1.78. The lowest BCUT2D eigenvalue weighted by molar-refractivity contribution is -0.0241. The Labute approximate surface area is 120 Å². The van der Waals surface area contributed by atoms with E-state index in [1.807, 2.05) is 6.92 Å². The minimum Gasteiger partial charge on any atom is -0.396 e. The van der Waals surface area contributed by atoms with Crippen LogP contribution in [0.15, 0.2) is 0 Å². The maximum Gasteiger partial charge on any atom is 0.327 e. The van der Waals surface area contributed by atoms with Gasteiger partial charge in [0.15, 0.2) is 0 Å². The maximum absolute atomic E-state index is 9.37. The van der Waals surface area contributed by atoms with Gasteiger partial charge >= 0.3 is 8.60 Å². The summed E-state index contributed by atoms with van der Waals surface area (Å²) in [5.74, 6) is 0. The number of rotatable bonds is 10. The van der Waals surface area contributed by atoms with Crippen LogP contribution in [0, 0.1) is 5.41 Å². The minimum absolute atomic E-state index is 0.0694. The molecule has 0 rings (SSSR count). The van der Waals surface area contributed by atoms with Crippen molar-refractivity contribution in [3.8, 4) is 0 Å². The second kappa shape index (κ2) is 10.0. The fraction of sp³-hybridized carbons (Fsp3) is 1.00. The molecule has 3 N–H and O–H groups in total. The lowest BCUT2D eigenvalue weighted by atomic mass is 9.88. The van der Waals surface area contributed by atoms with Gasteiger partial charge in [-0.15, -0.1) is 0 Å². The van der Waals surface area contributed by atoms with Crippen LogP contribution in [0.1, 0.15) is 13.3 Å². The summed E-state index contributed by atoms with van der Waals surface area (Å²) in [5, 5.41) is 10.2. The minimum atomic E-state index is -2.39. The van der Waals surface area contributed by atoms with Crippen LogP contribution in [0.3, 0.4) is 0 Å². The zero-order valence-corrected chi connectivity index (χ0v) is 13.7. The summed E-state index contributed by atoms with van der Waals surface area (Å²) in [7, 11) is -2.39. The van der Waals surface area contributed by atoms with E-state index in [0.29, 0.717) is 19.6 Å². The van der Waals surface area contributed by atoms with Crippen molar-refractivity contribution >= 4 is 40.5 Å². The van der Waals surface area contributed by atoms with Gasteiger partial charge in [-0.05, 0) is 6.42 Å². The third-order valence-corrected chi connectivity index (χ3v) is 5.04. The summed E-state index contributed by atoms with van der Waals surface area (Å²) in [6.07, 6.45) is 0.633. The third kappa shape index (κ3) is 8.06. The maximum atomic E-state index is 9.37. The lowest BCUT2D eigenvalue weighted by Crippen LogP contribution is -2.36. The van der Waals surface area contributed by atoms with Crippen LogP contribution >= 0.6 is 40.5 Å². The Morgan fingerprint density at radius 2 is 2.00 bits per heavy atom. The molecule has 8 heteroatoms. The summed E-state index contributed by atoms with van der Waals surface area (Å²) >= 11 is 6.72. The van der Waals surface area contributed by atoms with Gasteiger partial charge in [0.1, 0.15) is 0 Å². The van der Waals surface area contributed by atoms with E-state index in [-0.39, 0.29) is 18.0 Å². The molecule has 0 aliphatic heterocycles. The van der Waals surface area contributed by atoms with Gasteiger partial charge in [0, 0.05) is 15.6 Å². The normalized spacial score (nSPS) is 17.1. The second-order valence-corrected chi connectivity index (χ2v) is 6.51. The molecule has 0 saturated heterocycles. The largest absolute Gasteiger partial charge is 0.396 e. The summed E-state index contributed by atoms with van der Waals surface area (Å²) in [6, 6.07) is 0. The van der Waals surface area contributed by atoms with Gasteiger partial charge in [-0.3, -0.25) is 0 Å². The third-order valence-electron chi connectivity index (χ3n) is 2.45. The van der Waals surface area contributed by atoms with Crippen molar-refractivity contribution in [2.45, 2.75) is 18.2 Å². The van der Waals surface area contributed by atoms with Gasteiger partial charge in [-0.2, -0.15) is 0 Å².